The minimum absolute atomic E-state index is 0.440. The summed E-state index contributed by atoms with van der Waals surface area (Å²) in [5, 5.41) is 1.05. The lowest BCUT2D eigenvalue weighted by molar-refractivity contribution is 0.460. The lowest BCUT2D eigenvalue weighted by Gasteiger charge is -2.10. The molecule has 1 heterocycles. The van der Waals surface area contributed by atoms with Crippen molar-refractivity contribution in [3.8, 4) is 11.6 Å². The number of nitrogens with two attached hydrogens (primary N) is 1. The zero-order chi connectivity index (χ0) is 13.8. The number of benzene rings is 1. The predicted octanol–water partition coefficient (Wildman–Crippen LogP) is 4.20. The van der Waals surface area contributed by atoms with Crippen molar-refractivity contribution in [2.75, 3.05) is 0 Å². The zero-order valence-corrected chi connectivity index (χ0v) is 12.0. The minimum atomic E-state index is 0.440. The Bertz CT molecular complexity index is 565. The van der Waals surface area contributed by atoms with Gasteiger partial charge in [0, 0.05) is 29.4 Å². The van der Waals surface area contributed by atoms with Crippen LogP contribution in [-0.2, 0) is 13.0 Å². The number of aromatic nitrogens is 1. The fraction of sp³-hybridized carbons (Fsp3) is 0.214. The monoisotopic (exact) mass is 296 g/mol. The van der Waals surface area contributed by atoms with Gasteiger partial charge in [0.1, 0.15) is 5.75 Å². The van der Waals surface area contributed by atoms with Gasteiger partial charge in [0.15, 0.2) is 0 Å². The molecule has 0 saturated heterocycles. The second-order valence-corrected chi connectivity index (χ2v) is 4.88. The maximum absolute atomic E-state index is 6.06. The molecule has 19 heavy (non-hydrogen) atoms. The molecule has 0 radical (unpaired) electrons. The summed E-state index contributed by atoms with van der Waals surface area (Å²) >= 11 is 12.0. The Morgan fingerprint density at radius 2 is 2.00 bits per heavy atom. The number of pyridine rings is 1. The maximum atomic E-state index is 6.06. The van der Waals surface area contributed by atoms with Gasteiger partial charge >= 0.3 is 0 Å². The largest absolute Gasteiger partial charge is 0.437 e. The fourth-order valence-electron chi connectivity index (χ4n) is 1.64. The van der Waals surface area contributed by atoms with Gasteiger partial charge in [0.2, 0.25) is 5.88 Å². The predicted molar refractivity (Wildman–Crippen MR) is 78.0 cm³/mol. The van der Waals surface area contributed by atoms with Gasteiger partial charge < -0.3 is 10.5 Å². The van der Waals surface area contributed by atoms with Crippen molar-refractivity contribution in [3.05, 3.63) is 51.6 Å². The van der Waals surface area contributed by atoms with Crippen LogP contribution in [-0.4, -0.2) is 4.98 Å². The highest BCUT2D eigenvalue weighted by atomic mass is 35.5. The molecule has 0 saturated carbocycles. The van der Waals surface area contributed by atoms with E-state index in [0.717, 1.165) is 17.7 Å². The third-order valence-electron chi connectivity index (χ3n) is 2.62. The van der Waals surface area contributed by atoms with E-state index in [1.54, 1.807) is 24.3 Å². The molecule has 0 bridgehead atoms. The molecule has 2 N–H and O–H groups in total. The number of rotatable bonds is 4. The van der Waals surface area contributed by atoms with E-state index in [-0.39, 0.29) is 0 Å². The Hall–Kier alpha value is -1.29. The van der Waals surface area contributed by atoms with E-state index in [4.69, 9.17) is 33.7 Å². The molecule has 100 valence electrons. The first-order chi connectivity index (χ1) is 9.12. The number of halogens is 2. The second kappa shape index (κ2) is 6.24. The first kappa shape index (κ1) is 14.1. The van der Waals surface area contributed by atoms with Crippen molar-refractivity contribution in [3.63, 3.8) is 0 Å². The van der Waals surface area contributed by atoms with Gasteiger partial charge in [0.05, 0.1) is 5.02 Å². The van der Waals surface area contributed by atoms with Crippen molar-refractivity contribution < 1.29 is 4.74 Å². The average Bonchev–Trinajstić information content (AvgIpc) is 2.42. The van der Waals surface area contributed by atoms with Gasteiger partial charge in [-0.15, -0.1) is 0 Å². The number of nitrogens with zero attached hydrogens (tertiary/aromatic N) is 1. The highest BCUT2D eigenvalue weighted by Gasteiger charge is 2.07. The lowest BCUT2D eigenvalue weighted by Crippen LogP contribution is -2.01. The smallest absolute Gasteiger partial charge is 0.219 e. The van der Waals surface area contributed by atoms with Gasteiger partial charge in [-0.1, -0.05) is 30.1 Å². The Balaban J connectivity index is 2.34. The second-order valence-electron chi connectivity index (χ2n) is 4.04. The van der Waals surface area contributed by atoms with E-state index < -0.39 is 0 Å². The van der Waals surface area contributed by atoms with Crippen LogP contribution in [0.1, 0.15) is 18.2 Å². The van der Waals surface area contributed by atoms with Gasteiger partial charge in [-0.3, -0.25) is 0 Å². The summed E-state index contributed by atoms with van der Waals surface area (Å²) in [7, 11) is 0. The summed E-state index contributed by atoms with van der Waals surface area (Å²) in [4.78, 5) is 4.39. The summed E-state index contributed by atoms with van der Waals surface area (Å²) in [6.07, 6.45) is 0.813. The molecular weight excluding hydrogens is 283 g/mol. The molecule has 0 aliphatic heterocycles. The average molecular weight is 297 g/mol. The summed E-state index contributed by atoms with van der Waals surface area (Å²) in [6, 6.07) is 8.82. The molecule has 0 aliphatic rings. The van der Waals surface area contributed by atoms with E-state index in [2.05, 4.69) is 4.98 Å². The Labute approximate surface area is 122 Å². The number of aryl methyl sites for hydroxylation is 1. The third-order valence-corrected chi connectivity index (χ3v) is 3.17. The lowest BCUT2D eigenvalue weighted by atomic mass is 10.2. The number of ether oxygens (including phenoxy) is 1. The summed E-state index contributed by atoms with van der Waals surface area (Å²) in [6.45, 7) is 2.47. The molecule has 0 amide bonds. The molecule has 1 aromatic carbocycles. The van der Waals surface area contributed by atoms with Gasteiger partial charge in [-0.25, -0.2) is 4.98 Å². The van der Waals surface area contributed by atoms with E-state index in [9.17, 15) is 0 Å². The van der Waals surface area contributed by atoms with E-state index in [1.807, 2.05) is 13.0 Å². The van der Waals surface area contributed by atoms with Gasteiger partial charge in [-0.2, -0.15) is 0 Å². The van der Waals surface area contributed by atoms with Crippen molar-refractivity contribution in [1.82, 2.24) is 4.98 Å². The van der Waals surface area contributed by atoms with Crippen LogP contribution in [0.4, 0.5) is 0 Å². The fourth-order valence-corrected chi connectivity index (χ4v) is 1.96. The van der Waals surface area contributed by atoms with Crippen LogP contribution in [0.25, 0.3) is 0 Å². The van der Waals surface area contributed by atoms with Gasteiger partial charge in [0.25, 0.3) is 0 Å². The van der Waals surface area contributed by atoms with E-state index in [0.29, 0.717) is 28.2 Å². The van der Waals surface area contributed by atoms with Crippen LogP contribution in [0.15, 0.2) is 30.3 Å². The van der Waals surface area contributed by atoms with Crippen LogP contribution in [0.2, 0.25) is 10.0 Å². The van der Waals surface area contributed by atoms with E-state index in [1.165, 1.54) is 0 Å². The van der Waals surface area contributed by atoms with Crippen LogP contribution in [0.5, 0.6) is 11.6 Å². The molecule has 0 atom stereocenters. The molecule has 2 rings (SSSR count). The van der Waals surface area contributed by atoms with Crippen molar-refractivity contribution in [2.24, 2.45) is 5.73 Å². The molecule has 1 aromatic heterocycles. The van der Waals surface area contributed by atoms with Crippen LogP contribution in [0.3, 0.4) is 0 Å². The van der Waals surface area contributed by atoms with Crippen LogP contribution >= 0.6 is 23.2 Å². The summed E-state index contributed by atoms with van der Waals surface area (Å²) in [5.74, 6) is 0.960. The normalized spacial score (nSPS) is 10.5. The quantitative estimate of drug-likeness (QED) is 0.920. The van der Waals surface area contributed by atoms with Crippen molar-refractivity contribution in [1.29, 1.82) is 0 Å². The Morgan fingerprint density at radius 3 is 2.68 bits per heavy atom. The maximum Gasteiger partial charge on any atom is 0.219 e. The minimum Gasteiger partial charge on any atom is -0.437 e. The molecule has 0 unspecified atom stereocenters. The third kappa shape index (κ3) is 3.60. The molecule has 2 aromatic rings. The SMILES string of the molecule is CCc1cc(CN)cc(Oc2cc(Cl)ccc2Cl)n1. The number of hydrogen-bond donors (Lipinski definition) is 1. The topological polar surface area (TPSA) is 48.1 Å². The van der Waals surface area contributed by atoms with Crippen LogP contribution in [0, 0.1) is 0 Å². The first-order valence-electron chi connectivity index (χ1n) is 5.95. The summed E-state index contributed by atoms with van der Waals surface area (Å²) < 4.78 is 5.69. The summed E-state index contributed by atoms with van der Waals surface area (Å²) in [5.41, 5.74) is 7.56. The Kier molecular flexibility index (Phi) is 4.64. The number of hydrogen-bond acceptors (Lipinski definition) is 3. The molecular formula is C14H14Cl2N2O. The molecule has 0 aliphatic carbocycles. The zero-order valence-electron chi connectivity index (χ0n) is 10.5. The van der Waals surface area contributed by atoms with E-state index >= 15 is 0 Å². The van der Waals surface area contributed by atoms with Crippen molar-refractivity contribution in [2.45, 2.75) is 19.9 Å². The van der Waals surface area contributed by atoms with Gasteiger partial charge in [-0.05, 0) is 30.2 Å². The first-order valence-corrected chi connectivity index (χ1v) is 6.70. The molecule has 0 spiro atoms. The highest BCUT2D eigenvalue weighted by molar-refractivity contribution is 6.34. The van der Waals surface area contributed by atoms with Crippen LogP contribution < -0.4 is 10.5 Å². The molecule has 0 fully saturated rings. The van der Waals surface area contributed by atoms with Crippen molar-refractivity contribution >= 4 is 23.2 Å². The Morgan fingerprint density at radius 1 is 1.21 bits per heavy atom. The highest BCUT2D eigenvalue weighted by Crippen LogP contribution is 2.31. The molecule has 3 nitrogen and oxygen atoms in total. The molecule has 5 heteroatoms. The standard InChI is InChI=1S/C14H14Cl2N2O/c1-2-11-5-9(8-17)6-14(18-11)19-13-7-10(15)3-4-12(13)16/h3-7H,2,8,17H2,1H3.